The first-order valence-corrected chi connectivity index (χ1v) is 12.8. The van der Waals surface area contributed by atoms with Gasteiger partial charge >= 0.3 is 0 Å². The van der Waals surface area contributed by atoms with Crippen LogP contribution in [0.4, 0.5) is 0 Å². The van der Waals surface area contributed by atoms with Crippen LogP contribution in [0.2, 0.25) is 0 Å². The van der Waals surface area contributed by atoms with Crippen LogP contribution >= 0.6 is 0 Å². The summed E-state index contributed by atoms with van der Waals surface area (Å²) in [6, 6.07) is 31.7. The van der Waals surface area contributed by atoms with E-state index in [1.807, 2.05) is 12.1 Å². The molecular formula is C34H21N5. The number of benzene rings is 4. The summed E-state index contributed by atoms with van der Waals surface area (Å²) < 4.78 is 2.32. The number of fused-ring (bicyclic) bond motifs is 6. The molecule has 0 fully saturated rings. The molecule has 39 heavy (non-hydrogen) atoms. The zero-order valence-electron chi connectivity index (χ0n) is 20.9. The normalized spacial score (nSPS) is 12.2. The van der Waals surface area contributed by atoms with Crippen molar-refractivity contribution in [2.45, 2.75) is 0 Å². The van der Waals surface area contributed by atoms with Gasteiger partial charge in [0.05, 0.1) is 11.0 Å². The van der Waals surface area contributed by atoms with E-state index in [2.05, 4.69) is 110 Å². The van der Waals surface area contributed by atoms with E-state index in [1.54, 1.807) is 24.8 Å². The van der Waals surface area contributed by atoms with Crippen LogP contribution in [-0.4, -0.2) is 24.5 Å². The quantitative estimate of drug-likeness (QED) is 0.249. The Labute approximate surface area is 224 Å². The second kappa shape index (κ2) is 8.30. The minimum atomic E-state index is 0.655. The molecule has 0 N–H and O–H groups in total. The van der Waals surface area contributed by atoms with Crippen molar-refractivity contribution in [3.8, 4) is 39.6 Å². The molecule has 5 nitrogen and oxygen atoms in total. The van der Waals surface area contributed by atoms with Crippen LogP contribution in [-0.2, 0) is 0 Å². The maximum Gasteiger partial charge on any atom is 0.159 e. The average molecular weight is 500 g/mol. The second-order valence-corrected chi connectivity index (χ2v) is 9.70. The molecule has 7 aromatic rings. The first-order valence-electron chi connectivity index (χ1n) is 12.8. The van der Waals surface area contributed by atoms with E-state index >= 15 is 0 Å². The molecule has 0 atom stereocenters. The van der Waals surface area contributed by atoms with Gasteiger partial charge in [0.15, 0.2) is 11.6 Å². The van der Waals surface area contributed by atoms with Crippen molar-refractivity contribution in [1.82, 2.24) is 24.5 Å². The monoisotopic (exact) mass is 499 g/mol. The fourth-order valence-electron chi connectivity index (χ4n) is 5.79. The zero-order chi connectivity index (χ0) is 25.9. The third kappa shape index (κ3) is 3.27. The predicted octanol–water partition coefficient (Wildman–Crippen LogP) is 7.74. The summed E-state index contributed by atoms with van der Waals surface area (Å²) in [5.41, 5.74) is 10.9. The van der Waals surface area contributed by atoms with Gasteiger partial charge in [-0.3, -0.25) is 0 Å². The standard InChI is InChI=1S/C34H21N5/c1-21-25-8-2-3-9-26(25)29-19-30-27-10-4-5-11-31(27)39(32(30)20-28(21)29)24-17-22(33-35-12-6-13-36-33)16-23(18-24)34-37-14-7-15-38-34/h2-20H,1H2. The second-order valence-electron chi connectivity index (χ2n) is 9.70. The van der Waals surface area contributed by atoms with Gasteiger partial charge in [-0.25, -0.2) is 19.9 Å². The summed E-state index contributed by atoms with van der Waals surface area (Å²) in [4.78, 5) is 18.2. The van der Waals surface area contributed by atoms with E-state index < -0.39 is 0 Å². The minimum absolute atomic E-state index is 0.655. The Morgan fingerprint density at radius 1 is 0.487 bits per heavy atom. The molecule has 4 aromatic carbocycles. The molecule has 0 aliphatic heterocycles. The first kappa shape index (κ1) is 21.6. The lowest BCUT2D eigenvalue weighted by molar-refractivity contribution is 1.14. The highest BCUT2D eigenvalue weighted by Gasteiger charge is 2.25. The SMILES string of the molecule is C=C1c2ccccc2-c2cc3c4ccccc4n(-c4cc(-c5ncccn5)cc(-c5ncccn5)c4)c3cc21. The summed E-state index contributed by atoms with van der Waals surface area (Å²) in [6.45, 7) is 4.47. The number of hydrogen-bond donors (Lipinski definition) is 0. The average Bonchev–Trinajstić information content (AvgIpc) is 3.48. The first-order chi connectivity index (χ1) is 19.3. The third-order valence-electron chi connectivity index (χ3n) is 7.50. The van der Waals surface area contributed by atoms with Gasteiger partial charge in [-0.2, -0.15) is 0 Å². The summed E-state index contributed by atoms with van der Waals surface area (Å²) in [5, 5.41) is 2.40. The lowest BCUT2D eigenvalue weighted by Gasteiger charge is -2.13. The van der Waals surface area contributed by atoms with Gasteiger partial charge in [0.1, 0.15) is 0 Å². The largest absolute Gasteiger partial charge is 0.309 e. The molecule has 8 rings (SSSR count). The van der Waals surface area contributed by atoms with Crippen molar-refractivity contribution in [3.63, 3.8) is 0 Å². The lowest BCUT2D eigenvalue weighted by Crippen LogP contribution is -1.98. The van der Waals surface area contributed by atoms with E-state index in [9.17, 15) is 0 Å². The zero-order valence-corrected chi connectivity index (χ0v) is 20.9. The molecular weight excluding hydrogens is 478 g/mol. The molecule has 3 aromatic heterocycles. The van der Waals surface area contributed by atoms with Crippen molar-refractivity contribution >= 4 is 27.4 Å². The summed E-state index contributed by atoms with van der Waals surface area (Å²) >= 11 is 0. The van der Waals surface area contributed by atoms with Gasteiger partial charge < -0.3 is 4.57 Å². The van der Waals surface area contributed by atoms with Crippen LogP contribution in [0.1, 0.15) is 11.1 Å². The maximum atomic E-state index is 4.54. The molecule has 1 aliphatic carbocycles. The molecule has 0 amide bonds. The van der Waals surface area contributed by atoms with Crippen LogP contribution in [0.3, 0.4) is 0 Å². The molecule has 182 valence electrons. The number of para-hydroxylation sites is 1. The fraction of sp³-hybridized carbons (Fsp3) is 0. The van der Waals surface area contributed by atoms with Gasteiger partial charge in [0, 0.05) is 52.4 Å². The number of aromatic nitrogens is 5. The van der Waals surface area contributed by atoms with E-state index in [1.165, 1.54) is 33.0 Å². The van der Waals surface area contributed by atoms with E-state index in [0.29, 0.717) is 11.6 Å². The Kier molecular flexibility index (Phi) is 4.60. The van der Waals surface area contributed by atoms with Crippen LogP contribution in [0, 0.1) is 0 Å². The molecule has 5 heteroatoms. The van der Waals surface area contributed by atoms with Crippen LogP contribution in [0.15, 0.2) is 122 Å². The smallest absolute Gasteiger partial charge is 0.159 e. The topological polar surface area (TPSA) is 56.5 Å². The van der Waals surface area contributed by atoms with Crippen LogP contribution in [0.25, 0.3) is 67.0 Å². The molecule has 3 heterocycles. The molecule has 0 unspecified atom stereocenters. The number of rotatable bonds is 3. The van der Waals surface area contributed by atoms with Crippen molar-refractivity contribution in [1.29, 1.82) is 0 Å². The summed E-state index contributed by atoms with van der Waals surface area (Å²) in [7, 11) is 0. The number of hydrogen-bond acceptors (Lipinski definition) is 4. The highest BCUT2D eigenvalue weighted by atomic mass is 15.0. The molecule has 0 radical (unpaired) electrons. The van der Waals surface area contributed by atoms with Crippen LogP contribution in [0.5, 0.6) is 0 Å². The molecule has 1 aliphatic rings. The Bertz CT molecular complexity index is 2020. The molecule has 0 spiro atoms. The highest BCUT2D eigenvalue weighted by molar-refractivity contribution is 6.14. The van der Waals surface area contributed by atoms with Crippen molar-refractivity contribution in [3.05, 3.63) is 133 Å². The molecule has 0 saturated heterocycles. The summed E-state index contributed by atoms with van der Waals surface area (Å²) in [5.74, 6) is 1.31. The minimum Gasteiger partial charge on any atom is -0.309 e. The third-order valence-corrected chi connectivity index (χ3v) is 7.50. The van der Waals surface area contributed by atoms with Gasteiger partial charge in [0.25, 0.3) is 0 Å². The van der Waals surface area contributed by atoms with Crippen molar-refractivity contribution in [2.24, 2.45) is 0 Å². The van der Waals surface area contributed by atoms with Crippen molar-refractivity contribution in [2.75, 3.05) is 0 Å². The Morgan fingerprint density at radius 2 is 1.10 bits per heavy atom. The van der Waals surface area contributed by atoms with Crippen LogP contribution < -0.4 is 0 Å². The van der Waals surface area contributed by atoms with Gasteiger partial charge in [0.2, 0.25) is 0 Å². The van der Waals surface area contributed by atoms with Gasteiger partial charge in [-0.1, -0.05) is 49.0 Å². The molecule has 0 saturated carbocycles. The Balaban J connectivity index is 1.45. The van der Waals surface area contributed by atoms with Crippen molar-refractivity contribution < 1.29 is 0 Å². The van der Waals surface area contributed by atoms with Gasteiger partial charge in [-0.05, 0) is 76.4 Å². The Hall–Kier alpha value is -5.42. The van der Waals surface area contributed by atoms with Gasteiger partial charge in [-0.15, -0.1) is 0 Å². The summed E-state index contributed by atoms with van der Waals surface area (Å²) in [6.07, 6.45) is 7.06. The van der Waals surface area contributed by atoms with E-state index in [0.717, 1.165) is 33.4 Å². The highest BCUT2D eigenvalue weighted by Crippen LogP contribution is 2.47. The van der Waals surface area contributed by atoms with E-state index in [4.69, 9.17) is 0 Å². The predicted molar refractivity (Wildman–Crippen MR) is 156 cm³/mol. The molecule has 0 bridgehead atoms. The lowest BCUT2D eigenvalue weighted by atomic mass is 10.0. The number of nitrogens with zero attached hydrogens (tertiary/aromatic N) is 5. The van der Waals surface area contributed by atoms with E-state index in [-0.39, 0.29) is 0 Å². The Morgan fingerprint density at radius 3 is 1.79 bits per heavy atom. The maximum absolute atomic E-state index is 4.54. The fourth-order valence-corrected chi connectivity index (χ4v) is 5.79.